The van der Waals surface area contributed by atoms with Crippen molar-refractivity contribution in [2.75, 3.05) is 18.0 Å². The molecule has 1 aliphatic carbocycles. The van der Waals surface area contributed by atoms with Gasteiger partial charge in [-0.15, -0.1) is 0 Å². The Kier molecular flexibility index (Phi) is 5.10. The molecule has 0 radical (unpaired) electrons. The third-order valence-electron chi connectivity index (χ3n) is 4.93. The molecule has 3 rings (SSSR count). The highest BCUT2D eigenvalue weighted by Crippen LogP contribution is 2.29. The summed E-state index contributed by atoms with van der Waals surface area (Å²) < 4.78 is 22.9. The molecule has 3 N–H and O–H groups in total. The van der Waals surface area contributed by atoms with Crippen LogP contribution in [0.15, 0.2) is 23.1 Å². The number of nitrogens with one attached hydrogen (secondary N) is 1. The molecule has 0 unspecified atom stereocenters. The average molecular weight is 351 g/mol. The fourth-order valence-electron chi connectivity index (χ4n) is 3.66. The normalized spacial score (nSPS) is 19.0. The molecule has 132 valence electrons. The molecule has 1 fully saturated rings. The first-order valence-electron chi connectivity index (χ1n) is 8.63. The van der Waals surface area contributed by atoms with Gasteiger partial charge < -0.3 is 10.2 Å². The molecule has 1 saturated carbocycles. The van der Waals surface area contributed by atoms with E-state index in [4.69, 9.17) is 5.14 Å². The summed E-state index contributed by atoms with van der Waals surface area (Å²) in [6.45, 7) is 1.04. The van der Waals surface area contributed by atoms with E-state index in [1.165, 1.54) is 31.7 Å². The van der Waals surface area contributed by atoms with Gasteiger partial charge in [0.05, 0.1) is 11.4 Å². The maximum Gasteiger partial charge on any atom is 0.239 e. The van der Waals surface area contributed by atoms with E-state index < -0.39 is 10.0 Å². The second-order valence-corrected chi connectivity index (χ2v) is 8.32. The van der Waals surface area contributed by atoms with Gasteiger partial charge in [-0.05, 0) is 43.0 Å². The molecule has 24 heavy (non-hydrogen) atoms. The highest BCUT2D eigenvalue weighted by Gasteiger charge is 2.24. The van der Waals surface area contributed by atoms with Gasteiger partial charge in [0.15, 0.2) is 0 Å². The van der Waals surface area contributed by atoms with Gasteiger partial charge in [-0.25, -0.2) is 13.6 Å². The van der Waals surface area contributed by atoms with Crippen molar-refractivity contribution >= 4 is 21.6 Å². The largest absolute Gasteiger partial charge is 0.362 e. The number of amides is 1. The Labute approximate surface area is 143 Å². The zero-order valence-corrected chi connectivity index (χ0v) is 14.6. The lowest BCUT2D eigenvalue weighted by Crippen LogP contribution is -2.41. The van der Waals surface area contributed by atoms with Crippen molar-refractivity contribution in [1.82, 2.24) is 5.32 Å². The van der Waals surface area contributed by atoms with Crippen molar-refractivity contribution < 1.29 is 13.2 Å². The summed E-state index contributed by atoms with van der Waals surface area (Å²) in [6.07, 6.45) is 7.77. The first kappa shape index (κ1) is 17.2. The Morgan fingerprint density at radius 3 is 2.58 bits per heavy atom. The molecule has 1 amide bonds. The lowest BCUT2D eigenvalue weighted by molar-refractivity contribution is -0.120. The van der Waals surface area contributed by atoms with Crippen LogP contribution < -0.4 is 15.4 Å². The molecule has 0 aromatic heterocycles. The number of carbonyl (C=O) groups is 1. The monoisotopic (exact) mass is 351 g/mol. The van der Waals surface area contributed by atoms with Gasteiger partial charge in [0, 0.05) is 18.3 Å². The Hall–Kier alpha value is -1.60. The minimum Gasteiger partial charge on any atom is -0.362 e. The van der Waals surface area contributed by atoms with Crippen LogP contribution in [0.1, 0.15) is 44.1 Å². The summed E-state index contributed by atoms with van der Waals surface area (Å²) in [5.41, 5.74) is 1.86. The topological polar surface area (TPSA) is 92.5 Å². The number of sulfonamides is 1. The van der Waals surface area contributed by atoms with Gasteiger partial charge in [0.25, 0.3) is 0 Å². The molecule has 0 spiro atoms. The van der Waals surface area contributed by atoms with Crippen molar-refractivity contribution in [2.24, 2.45) is 5.14 Å². The van der Waals surface area contributed by atoms with Gasteiger partial charge in [-0.3, -0.25) is 4.79 Å². The molecule has 0 atom stereocenters. The van der Waals surface area contributed by atoms with E-state index in [-0.39, 0.29) is 10.8 Å². The third kappa shape index (κ3) is 4.08. The summed E-state index contributed by atoms with van der Waals surface area (Å²) in [6, 6.07) is 5.18. The van der Waals surface area contributed by atoms with Crippen LogP contribution in [0, 0.1) is 0 Å². The van der Waals surface area contributed by atoms with E-state index in [1.54, 1.807) is 12.1 Å². The molecule has 1 aromatic carbocycles. The summed E-state index contributed by atoms with van der Waals surface area (Å²) >= 11 is 0. The number of anilines is 1. The Bertz CT molecular complexity index is 710. The van der Waals surface area contributed by atoms with Crippen LogP contribution >= 0.6 is 0 Å². The quantitative estimate of drug-likeness (QED) is 0.805. The van der Waals surface area contributed by atoms with Crippen LogP contribution in [0.2, 0.25) is 0 Å². The number of carbonyl (C=O) groups excluding carboxylic acids is 1. The van der Waals surface area contributed by atoms with Crippen molar-refractivity contribution in [2.45, 2.75) is 55.9 Å². The van der Waals surface area contributed by atoms with Crippen LogP contribution in [0.4, 0.5) is 5.69 Å². The molecule has 1 heterocycles. The van der Waals surface area contributed by atoms with Gasteiger partial charge in [0.2, 0.25) is 15.9 Å². The number of nitrogens with two attached hydrogens (primary N) is 1. The molecular weight excluding hydrogens is 326 g/mol. The van der Waals surface area contributed by atoms with Crippen molar-refractivity contribution in [1.29, 1.82) is 0 Å². The van der Waals surface area contributed by atoms with Crippen LogP contribution in [0.25, 0.3) is 0 Å². The van der Waals surface area contributed by atoms with E-state index in [0.717, 1.165) is 37.1 Å². The van der Waals surface area contributed by atoms with Gasteiger partial charge >= 0.3 is 0 Å². The first-order valence-corrected chi connectivity index (χ1v) is 10.2. The number of nitrogens with zero attached hydrogens (tertiary/aromatic N) is 1. The standard InChI is InChI=1S/C17H25N3O3S/c18-24(22,23)15-7-8-16-13(11-15)9-10-20(16)12-17(21)19-14-5-3-1-2-4-6-14/h7-8,11,14H,1-6,9-10,12H2,(H,19,21)(H2,18,22,23). The molecule has 0 bridgehead atoms. The van der Waals surface area contributed by atoms with Crippen LogP contribution in [-0.2, 0) is 21.2 Å². The lowest BCUT2D eigenvalue weighted by Gasteiger charge is -2.22. The second-order valence-electron chi connectivity index (χ2n) is 6.76. The molecule has 1 aliphatic heterocycles. The minimum atomic E-state index is -3.69. The molecule has 7 heteroatoms. The number of benzene rings is 1. The number of hydrogen-bond acceptors (Lipinski definition) is 4. The van der Waals surface area contributed by atoms with Crippen LogP contribution in [0.3, 0.4) is 0 Å². The van der Waals surface area contributed by atoms with E-state index in [0.29, 0.717) is 12.6 Å². The molecule has 6 nitrogen and oxygen atoms in total. The van der Waals surface area contributed by atoms with Gasteiger partial charge in [-0.1, -0.05) is 25.7 Å². The third-order valence-corrected chi connectivity index (χ3v) is 5.84. The molecule has 0 saturated heterocycles. The van der Waals surface area contributed by atoms with Crippen molar-refractivity contribution in [3.63, 3.8) is 0 Å². The zero-order chi connectivity index (χ0) is 17.2. The first-order chi connectivity index (χ1) is 11.4. The fourth-order valence-corrected chi connectivity index (χ4v) is 4.22. The van der Waals surface area contributed by atoms with Crippen LogP contribution in [-0.4, -0.2) is 33.5 Å². The highest BCUT2D eigenvalue weighted by atomic mass is 32.2. The van der Waals surface area contributed by atoms with E-state index in [1.807, 2.05) is 4.90 Å². The average Bonchev–Trinajstić information content (AvgIpc) is 2.74. The Morgan fingerprint density at radius 2 is 1.92 bits per heavy atom. The number of rotatable bonds is 4. The maximum atomic E-state index is 12.3. The smallest absolute Gasteiger partial charge is 0.239 e. The molecule has 1 aromatic rings. The molecular formula is C17H25N3O3S. The van der Waals surface area contributed by atoms with E-state index >= 15 is 0 Å². The van der Waals surface area contributed by atoms with E-state index in [9.17, 15) is 13.2 Å². The lowest BCUT2D eigenvalue weighted by atomic mass is 10.1. The SMILES string of the molecule is NS(=O)(=O)c1ccc2c(c1)CCN2CC(=O)NC1CCCCCC1. The van der Waals surface area contributed by atoms with Crippen LogP contribution in [0.5, 0.6) is 0 Å². The van der Waals surface area contributed by atoms with Gasteiger partial charge in [-0.2, -0.15) is 0 Å². The maximum absolute atomic E-state index is 12.3. The summed E-state index contributed by atoms with van der Waals surface area (Å²) in [5.74, 6) is 0.0465. The Morgan fingerprint density at radius 1 is 1.21 bits per heavy atom. The number of fused-ring (bicyclic) bond motifs is 1. The second kappa shape index (κ2) is 7.11. The predicted molar refractivity (Wildman–Crippen MR) is 93.4 cm³/mol. The summed E-state index contributed by atoms with van der Waals surface area (Å²) in [5, 5.41) is 8.33. The predicted octanol–water partition coefficient (Wildman–Crippen LogP) is 1.54. The fraction of sp³-hybridized carbons (Fsp3) is 0.588. The molecule has 2 aliphatic rings. The van der Waals surface area contributed by atoms with Crippen molar-refractivity contribution in [3.8, 4) is 0 Å². The number of hydrogen-bond donors (Lipinski definition) is 2. The van der Waals surface area contributed by atoms with Gasteiger partial charge in [0.1, 0.15) is 0 Å². The Balaban J connectivity index is 1.63. The van der Waals surface area contributed by atoms with Crippen molar-refractivity contribution in [3.05, 3.63) is 23.8 Å². The zero-order valence-electron chi connectivity index (χ0n) is 13.8. The summed E-state index contributed by atoms with van der Waals surface area (Å²) in [7, 11) is -3.69. The highest BCUT2D eigenvalue weighted by molar-refractivity contribution is 7.89. The number of primary sulfonamides is 1. The van der Waals surface area contributed by atoms with E-state index in [2.05, 4.69) is 5.32 Å². The summed E-state index contributed by atoms with van der Waals surface area (Å²) in [4.78, 5) is 14.5. The minimum absolute atomic E-state index is 0.0465.